The van der Waals surface area contributed by atoms with Crippen LogP contribution in [0.5, 0.6) is 0 Å². The number of hydrogen-bond donors (Lipinski definition) is 2. The first-order valence-corrected chi connectivity index (χ1v) is 5.48. The van der Waals surface area contributed by atoms with E-state index in [1.807, 2.05) is 0 Å². The number of aromatic amines is 1. The number of rotatable bonds is 2. The Morgan fingerprint density at radius 2 is 2.00 bits per heavy atom. The standard InChI is InChI=1S/C11H11N3O5/c1-3-14-7-5(9(16)13(2)11(14)19)4-6(10(17)18)8(15)12-7/h4H,3H2,1-2H3,(H,12,15)(H,17,18). The molecule has 0 aliphatic rings. The zero-order valence-electron chi connectivity index (χ0n) is 10.3. The molecule has 0 radical (unpaired) electrons. The summed E-state index contributed by atoms with van der Waals surface area (Å²) in [5.74, 6) is -1.43. The van der Waals surface area contributed by atoms with Crippen molar-refractivity contribution < 1.29 is 9.90 Å². The first-order chi connectivity index (χ1) is 8.88. The second kappa shape index (κ2) is 4.23. The van der Waals surface area contributed by atoms with Crippen LogP contribution in [-0.2, 0) is 13.6 Å². The van der Waals surface area contributed by atoms with E-state index in [0.29, 0.717) is 0 Å². The molecule has 0 spiro atoms. The summed E-state index contributed by atoms with van der Waals surface area (Å²) in [7, 11) is 1.29. The van der Waals surface area contributed by atoms with E-state index in [2.05, 4.69) is 4.98 Å². The molecule has 0 saturated heterocycles. The highest BCUT2D eigenvalue weighted by molar-refractivity contribution is 5.91. The minimum absolute atomic E-state index is 0.0130. The Bertz CT molecular complexity index is 855. The summed E-state index contributed by atoms with van der Waals surface area (Å²) in [6, 6.07) is 0.991. The fourth-order valence-electron chi connectivity index (χ4n) is 1.89. The van der Waals surface area contributed by atoms with E-state index in [9.17, 15) is 19.2 Å². The number of carbonyl (C=O) groups is 1. The molecule has 0 aromatic carbocycles. The van der Waals surface area contributed by atoms with Gasteiger partial charge < -0.3 is 10.1 Å². The minimum Gasteiger partial charge on any atom is -0.477 e. The number of hydrogen-bond acceptors (Lipinski definition) is 4. The Hall–Kier alpha value is -2.64. The van der Waals surface area contributed by atoms with Gasteiger partial charge in [-0.05, 0) is 13.0 Å². The molecule has 0 unspecified atom stereocenters. The van der Waals surface area contributed by atoms with Gasteiger partial charge in [0.2, 0.25) is 0 Å². The van der Waals surface area contributed by atoms with Crippen molar-refractivity contribution in [3.05, 3.63) is 42.8 Å². The van der Waals surface area contributed by atoms with Crippen LogP contribution in [0.15, 0.2) is 20.4 Å². The van der Waals surface area contributed by atoms with E-state index in [0.717, 1.165) is 10.6 Å². The highest BCUT2D eigenvalue weighted by Gasteiger charge is 2.16. The maximum Gasteiger partial charge on any atom is 0.341 e. The number of aromatic nitrogens is 3. The van der Waals surface area contributed by atoms with Crippen LogP contribution in [0, 0.1) is 0 Å². The van der Waals surface area contributed by atoms with Gasteiger partial charge in [-0.3, -0.25) is 18.7 Å². The monoisotopic (exact) mass is 265 g/mol. The van der Waals surface area contributed by atoms with E-state index in [1.165, 1.54) is 11.6 Å². The number of aryl methyl sites for hydroxylation is 1. The number of pyridine rings is 1. The zero-order valence-corrected chi connectivity index (χ0v) is 10.3. The molecular weight excluding hydrogens is 254 g/mol. The van der Waals surface area contributed by atoms with E-state index in [4.69, 9.17) is 5.11 Å². The van der Waals surface area contributed by atoms with Gasteiger partial charge in [-0.25, -0.2) is 9.59 Å². The molecule has 0 bridgehead atoms. The summed E-state index contributed by atoms with van der Waals surface area (Å²) < 4.78 is 2.07. The third-order valence-corrected chi connectivity index (χ3v) is 2.89. The van der Waals surface area contributed by atoms with Gasteiger partial charge >= 0.3 is 11.7 Å². The third kappa shape index (κ3) is 1.77. The molecule has 2 aromatic heterocycles. The molecule has 2 N–H and O–H groups in total. The van der Waals surface area contributed by atoms with Crippen LogP contribution in [-0.4, -0.2) is 25.2 Å². The van der Waals surface area contributed by atoms with Crippen molar-refractivity contribution in [3.63, 3.8) is 0 Å². The quantitative estimate of drug-likeness (QED) is 0.730. The molecule has 2 rings (SSSR count). The molecule has 0 saturated carbocycles. The lowest BCUT2D eigenvalue weighted by molar-refractivity contribution is 0.0695. The maximum absolute atomic E-state index is 11.9. The lowest BCUT2D eigenvalue weighted by Crippen LogP contribution is -2.39. The minimum atomic E-state index is -1.43. The second-order valence-corrected chi connectivity index (χ2v) is 3.97. The number of H-pyrrole nitrogens is 1. The SMILES string of the molecule is CCn1c(=O)n(C)c(=O)c2cc(C(=O)O)c(=O)[nH]c21. The van der Waals surface area contributed by atoms with Crippen LogP contribution in [0.25, 0.3) is 11.0 Å². The first kappa shape index (κ1) is 12.8. The lowest BCUT2D eigenvalue weighted by atomic mass is 10.2. The fraction of sp³-hybridized carbons (Fsp3) is 0.273. The lowest BCUT2D eigenvalue weighted by Gasteiger charge is -2.09. The van der Waals surface area contributed by atoms with Gasteiger partial charge in [0.1, 0.15) is 11.2 Å². The van der Waals surface area contributed by atoms with Gasteiger partial charge in [-0.2, -0.15) is 0 Å². The molecular formula is C11H11N3O5. The topological polar surface area (TPSA) is 114 Å². The second-order valence-electron chi connectivity index (χ2n) is 3.97. The summed E-state index contributed by atoms with van der Waals surface area (Å²) in [6.07, 6.45) is 0. The number of aromatic carboxylic acids is 1. The Labute approximate surface area is 105 Å². The van der Waals surface area contributed by atoms with Gasteiger partial charge in [0.15, 0.2) is 0 Å². The maximum atomic E-state index is 11.9. The van der Waals surface area contributed by atoms with E-state index >= 15 is 0 Å². The molecule has 8 nitrogen and oxygen atoms in total. The van der Waals surface area contributed by atoms with Crippen LogP contribution < -0.4 is 16.8 Å². The molecule has 0 aliphatic heterocycles. The zero-order chi connectivity index (χ0) is 14.3. The first-order valence-electron chi connectivity index (χ1n) is 5.48. The van der Waals surface area contributed by atoms with Crippen molar-refractivity contribution in [2.24, 2.45) is 7.05 Å². The van der Waals surface area contributed by atoms with Gasteiger partial charge in [0.05, 0.1) is 5.39 Å². The average Bonchev–Trinajstić information content (AvgIpc) is 2.36. The third-order valence-electron chi connectivity index (χ3n) is 2.89. The fourth-order valence-corrected chi connectivity index (χ4v) is 1.89. The van der Waals surface area contributed by atoms with E-state index in [1.54, 1.807) is 6.92 Å². The number of nitrogens with zero attached hydrogens (tertiary/aromatic N) is 2. The van der Waals surface area contributed by atoms with Crippen molar-refractivity contribution in [1.29, 1.82) is 0 Å². The smallest absolute Gasteiger partial charge is 0.341 e. The number of fused-ring (bicyclic) bond motifs is 1. The van der Waals surface area contributed by atoms with Gasteiger partial charge in [0.25, 0.3) is 11.1 Å². The average molecular weight is 265 g/mol. The van der Waals surface area contributed by atoms with Crippen molar-refractivity contribution in [3.8, 4) is 0 Å². The largest absolute Gasteiger partial charge is 0.477 e. The normalized spacial score (nSPS) is 10.8. The van der Waals surface area contributed by atoms with Crippen molar-refractivity contribution in [2.45, 2.75) is 13.5 Å². The molecule has 8 heteroatoms. The number of carboxylic acid groups (broad SMARTS) is 1. The summed E-state index contributed by atoms with van der Waals surface area (Å²) in [5, 5.41) is 8.86. The Kier molecular flexibility index (Phi) is 2.85. The summed E-state index contributed by atoms with van der Waals surface area (Å²) in [4.78, 5) is 48.5. The van der Waals surface area contributed by atoms with E-state index < -0.39 is 28.3 Å². The highest BCUT2D eigenvalue weighted by Crippen LogP contribution is 2.04. The molecule has 0 aliphatic carbocycles. The molecule has 0 amide bonds. The van der Waals surface area contributed by atoms with Crippen LogP contribution in [0.3, 0.4) is 0 Å². The number of nitrogens with one attached hydrogen (secondary N) is 1. The summed E-state index contributed by atoms with van der Waals surface area (Å²) in [6.45, 7) is 1.92. The highest BCUT2D eigenvalue weighted by atomic mass is 16.4. The summed E-state index contributed by atoms with van der Waals surface area (Å²) >= 11 is 0. The van der Waals surface area contributed by atoms with Crippen molar-refractivity contribution in [2.75, 3.05) is 0 Å². The Balaban J connectivity index is 3.13. The Morgan fingerprint density at radius 3 is 2.53 bits per heavy atom. The van der Waals surface area contributed by atoms with Crippen LogP contribution in [0.2, 0.25) is 0 Å². The van der Waals surface area contributed by atoms with Crippen LogP contribution in [0.4, 0.5) is 0 Å². The van der Waals surface area contributed by atoms with Crippen LogP contribution in [0.1, 0.15) is 17.3 Å². The summed E-state index contributed by atoms with van der Waals surface area (Å²) in [5.41, 5.74) is -2.58. The molecule has 0 atom stereocenters. The molecule has 19 heavy (non-hydrogen) atoms. The molecule has 2 aromatic rings. The Morgan fingerprint density at radius 1 is 1.37 bits per heavy atom. The van der Waals surface area contributed by atoms with Crippen molar-refractivity contribution >= 4 is 17.0 Å². The predicted octanol–water partition coefficient (Wildman–Crippen LogP) is -0.893. The van der Waals surface area contributed by atoms with Gasteiger partial charge in [-0.15, -0.1) is 0 Å². The molecule has 100 valence electrons. The number of carboxylic acids is 1. The van der Waals surface area contributed by atoms with Gasteiger partial charge in [-0.1, -0.05) is 0 Å². The molecule has 0 fully saturated rings. The van der Waals surface area contributed by atoms with E-state index in [-0.39, 0.29) is 17.6 Å². The van der Waals surface area contributed by atoms with Crippen LogP contribution >= 0.6 is 0 Å². The van der Waals surface area contributed by atoms with Crippen molar-refractivity contribution in [1.82, 2.24) is 14.1 Å². The predicted molar refractivity (Wildman–Crippen MR) is 66.7 cm³/mol. The van der Waals surface area contributed by atoms with Gasteiger partial charge in [0, 0.05) is 13.6 Å². The molecule has 2 heterocycles.